The standard InChI is InChI=1S/C21H31N/c1-7-10-15-21(17(4)5)22(6)16-20-18(9-3)13-11-14-19(20)12-8-2/h7,9,11,13-14,21H,1,3-4,8,10,12,15-16H2,2,5-6H3. The maximum atomic E-state index is 4.18. The first-order valence-electron chi connectivity index (χ1n) is 8.24. The Morgan fingerprint density at radius 3 is 2.59 bits per heavy atom. The smallest absolute Gasteiger partial charge is 0.0305 e. The Labute approximate surface area is 137 Å². The molecule has 0 aliphatic heterocycles. The molecule has 1 aromatic carbocycles. The fourth-order valence-corrected chi connectivity index (χ4v) is 3.02. The quantitative estimate of drug-likeness (QED) is 0.506. The van der Waals surface area contributed by atoms with E-state index >= 15 is 0 Å². The molecule has 0 saturated heterocycles. The molecule has 0 heterocycles. The second-order valence-electron chi connectivity index (χ2n) is 6.08. The lowest BCUT2D eigenvalue weighted by molar-refractivity contribution is 0.252. The van der Waals surface area contributed by atoms with Crippen molar-refractivity contribution in [3.8, 4) is 0 Å². The van der Waals surface area contributed by atoms with Gasteiger partial charge in [-0.25, -0.2) is 0 Å². The molecule has 0 bridgehead atoms. The molecule has 0 saturated carbocycles. The van der Waals surface area contributed by atoms with Crippen LogP contribution in [-0.2, 0) is 13.0 Å². The SMILES string of the molecule is C=CCCC(C(=C)C)N(C)Cc1c(C=C)cccc1CCC. The maximum absolute atomic E-state index is 4.18. The van der Waals surface area contributed by atoms with Crippen LogP contribution >= 0.6 is 0 Å². The highest BCUT2D eigenvalue weighted by Crippen LogP contribution is 2.23. The third kappa shape index (κ3) is 4.99. The predicted octanol–water partition coefficient (Wildman–Crippen LogP) is 5.62. The number of likely N-dealkylation sites (N-methyl/N-ethyl adjacent to an activating group) is 1. The average Bonchev–Trinajstić information content (AvgIpc) is 2.49. The molecule has 0 amide bonds. The number of hydrogen-bond donors (Lipinski definition) is 0. The maximum Gasteiger partial charge on any atom is 0.0305 e. The molecule has 0 aromatic heterocycles. The molecule has 0 fully saturated rings. The van der Waals surface area contributed by atoms with Crippen LogP contribution < -0.4 is 0 Å². The minimum atomic E-state index is 0.394. The Morgan fingerprint density at radius 2 is 2.05 bits per heavy atom. The zero-order valence-electron chi connectivity index (χ0n) is 14.6. The third-order valence-corrected chi connectivity index (χ3v) is 4.20. The monoisotopic (exact) mass is 297 g/mol. The lowest BCUT2D eigenvalue weighted by Gasteiger charge is -2.30. The van der Waals surface area contributed by atoms with Crippen molar-refractivity contribution in [1.29, 1.82) is 0 Å². The Morgan fingerprint density at radius 1 is 1.32 bits per heavy atom. The molecule has 1 atom stereocenters. The van der Waals surface area contributed by atoms with Gasteiger partial charge in [0, 0.05) is 12.6 Å². The summed E-state index contributed by atoms with van der Waals surface area (Å²) in [4.78, 5) is 2.41. The zero-order chi connectivity index (χ0) is 16.5. The second kappa shape index (κ2) is 9.42. The topological polar surface area (TPSA) is 3.24 Å². The van der Waals surface area contributed by atoms with E-state index < -0.39 is 0 Å². The van der Waals surface area contributed by atoms with Crippen LogP contribution in [-0.4, -0.2) is 18.0 Å². The molecule has 120 valence electrons. The summed E-state index contributed by atoms with van der Waals surface area (Å²) in [5.41, 5.74) is 5.32. The van der Waals surface area contributed by atoms with Crippen molar-refractivity contribution >= 4 is 6.08 Å². The zero-order valence-corrected chi connectivity index (χ0v) is 14.6. The van der Waals surface area contributed by atoms with Crippen molar-refractivity contribution in [3.63, 3.8) is 0 Å². The third-order valence-electron chi connectivity index (χ3n) is 4.20. The fraction of sp³-hybridized carbons (Fsp3) is 0.429. The van der Waals surface area contributed by atoms with Gasteiger partial charge in [-0.05, 0) is 49.9 Å². The number of rotatable bonds is 10. The summed E-state index contributed by atoms with van der Waals surface area (Å²) in [6, 6.07) is 6.94. The Balaban J connectivity index is 3.02. The second-order valence-corrected chi connectivity index (χ2v) is 6.08. The molecule has 0 aliphatic carbocycles. The van der Waals surface area contributed by atoms with Gasteiger partial charge in [-0.15, -0.1) is 6.58 Å². The summed E-state index contributed by atoms with van der Waals surface area (Å²) in [5.74, 6) is 0. The number of nitrogens with zero attached hydrogens (tertiary/aromatic N) is 1. The van der Waals surface area contributed by atoms with Crippen molar-refractivity contribution in [2.75, 3.05) is 7.05 Å². The predicted molar refractivity (Wildman–Crippen MR) is 100 cm³/mol. The van der Waals surface area contributed by atoms with Gasteiger partial charge < -0.3 is 0 Å². The normalized spacial score (nSPS) is 12.2. The molecule has 22 heavy (non-hydrogen) atoms. The first-order valence-corrected chi connectivity index (χ1v) is 8.24. The van der Waals surface area contributed by atoms with Gasteiger partial charge in [-0.1, -0.05) is 62.4 Å². The van der Waals surface area contributed by atoms with E-state index in [2.05, 4.69) is 63.7 Å². The Kier molecular flexibility index (Phi) is 7.90. The van der Waals surface area contributed by atoms with Gasteiger partial charge in [-0.3, -0.25) is 4.90 Å². The van der Waals surface area contributed by atoms with Crippen molar-refractivity contribution < 1.29 is 0 Å². The highest BCUT2D eigenvalue weighted by atomic mass is 15.1. The van der Waals surface area contributed by atoms with Crippen molar-refractivity contribution in [2.45, 2.75) is 52.1 Å². The highest BCUT2D eigenvalue weighted by Gasteiger charge is 2.17. The minimum Gasteiger partial charge on any atom is -0.295 e. The van der Waals surface area contributed by atoms with Crippen molar-refractivity contribution in [3.05, 3.63) is 66.3 Å². The van der Waals surface area contributed by atoms with Gasteiger partial charge in [0.05, 0.1) is 0 Å². The van der Waals surface area contributed by atoms with Gasteiger partial charge in [0.25, 0.3) is 0 Å². The molecule has 0 aliphatic rings. The van der Waals surface area contributed by atoms with E-state index in [1.54, 1.807) is 0 Å². The summed E-state index contributed by atoms with van der Waals surface area (Å²) >= 11 is 0. The first-order chi connectivity index (χ1) is 10.5. The van der Waals surface area contributed by atoms with Crippen LogP contribution in [0.2, 0.25) is 0 Å². The molecule has 1 rings (SSSR count). The summed E-state index contributed by atoms with van der Waals surface area (Å²) in [5, 5.41) is 0. The Hall–Kier alpha value is -1.60. The first kappa shape index (κ1) is 18.4. The highest BCUT2D eigenvalue weighted by molar-refractivity contribution is 5.54. The van der Waals surface area contributed by atoms with Crippen LogP contribution in [0.5, 0.6) is 0 Å². The van der Waals surface area contributed by atoms with Crippen molar-refractivity contribution in [1.82, 2.24) is 4.90 Å². The largest absolute Gasteiger partial charge is 0.295 e. The van der Waals surface area contributed by atoms with E-state index in [9.17, 15) is 0 Å². The molecule has 0 N–H and O–H groups in total. The number of aryl methyl sites for hydroxylation is 1. The van der Waals surface area contributed by atoms with E-state index in [0.29, 0.717) is 6.04 Å². The molecule has 1 heteroatoms. The summed E-state index contributed by atoms with van der Waals surface area (Å²) in [6.07, 6.45) is 8.35. The van der Waals surface area contributed by atoms with Gasteiger partial charge in [0.15, 0.2) is 0 Å². The molecular formula is C21H31N. The number of benzene rings is 1. The van der Waals surface area contributed by atoms with Crippen LogP contribution in [0.25, 0.3) is 6.08 Å². The van der Waals surface area contributed by atoms with Gasteiger partial charge in [0.2, 0.25) is 0 Å². The van der Waals surface area contributed by atoms with E-state index in [0.717, 1.165) is 32.2 Å². The summed E-state index contributed by atoms with van der Waals surface area (Å²) in [7, 11) is 2.19. The summed E-state index contributed by atoms with van der Waals surface area (Å²) < 4.78 is 0. The van der Waals surface area contributed by atoms with Crippen LogP contribution in [0.3, 0.4) is 0 Å². The Bertz CT molecular complexity index is 513. The molecule has 1 unspecified atom stereocenters. The van der Waals surface area contributed by atoms with E-state index in [1.807, 2.05) is 12.2 Å². The van der Waals surface area contributed by atoms with E-state index in [-0.39, 0.29) is 0 Å². The average molecular weight is 297 g/mol. The van der Waals surface area contributed by atoms with Crippen LogP contribution in [0.15, 0.2) is 49.6 Å². The fourth-order valence-electron chi connectivity index (χ4n) is 3.02. The van der Waals surface area contributed by atoms with Crippen LogP contribution in [0.4, 0.5) is 0 Å². The molecule has 0 spiro atoms. The van der Waals surface area contributed by atoms with Crippen LogP contribution in [0.1, 0.15) is 49.8 Å². The van der Waals surface area contributed by atoms with Gasteiger partial charge in [-0.2, -0.15) is 0 Å². The number of allylic oxidation sites excluding steroid dienone is 1. The van der Waals surface area contributed by atoms with E-state index in [1.165, 1.54) is 22.3 Å². The summed E-state index contributed by atoms with van der Waals surface area (Å²) in [6.45, 7) is 17.3. The van der Waals surface area contributed by atoms with Gasteiger partial charge in [0.1, 0.15) is 0 Å². The minimum absolute atomic E-state index is 0.394. The lowest BCUT2D eigenvalue weighted by atomic mass is 9.95. The lowest BCUT2D eigenvalue weighted by Crippen LogP contribution is -2.32. The van der Waals surface area contributed by atoms with Gasteiger partial charge >= 0.3 is 0 Å². The number of hydrogen-bond acceptors (Lipinski definition) is 1. The molecular weight excluding hydrogens is 266 g/mol. The van der Waals surface area contributed by atoms with Crippen molar-refractivity contribution in [2.24, 2.45) is 0 Å². The molecule has 1 aromatic rings. The molecule has 0 radical (unpaired) electrons. The molecule has 1 nitrogen and oxygen atoms in total. The van der Waals surface area contributed by atoms with Crippen LogP contribution in [0, 0.1) is 0 Å². The van der Waals surface area contributed by atoms with E-state index in [4.69, 9.17) is 0 Å².